The van der Waals surface area contributed by atoms with E-state index in [1.807, 2.05) is 13.0 Å². The van der Waals surface area contributed by atoms with E-state index in [4.69, 9.17) is 21.2 Å². The van der Waals surface area contributed by atoms with E-state index in [1.165, 1.54) is 17.2 Å². The zero-order valence-electron chi connectivity index (χ0n) is 19.2. The number of imide groups is 1. The van der Waals surface area contributed by atoms with Crippen LogP contribution in [0.2, 0.25) is 5.02 Å². The van der Waals surface area contributed by atoms with Gasteiger partial charge in [-0.2, -0.15) is 0 Å². The first-order chi connectivity index (χ1) is 17.4. The second-order valence-electron chi connectivity index (χ2n) is 8.48. The summed E-state index contributed by atoms with van der Waals surface area (Å²) in [6.45, 7) is 2.56. The van der Waals surface area contributed by atoms with Crippen molar-refractivity contribution in [1.29, 1.82) is 0 Å². The van der Waals surface area contributed by atoms with Crippen LogP contribution in [0.3, 0.4) is 0 Å². The number of rotatable bonds is 7. The van der Waals surface area contributed by atoms with Gasteiger partial charge in [-0.1, -0.05) is 42.8 Å². The van der Waals surface area contributed by atoms with Crippen LogP contribution in [0.15, 0.2) is 72.8 Å². The number of hydroxylamine groups is 1. The number of hydrogen-bond donors (Lipinski definition) is 0. The molecule has 0 unspecified atom stereocenters. The Bertz CT molecular complexity index is 1320. The van der Waals surface area contributed by atoms with Crippen LogP contribution in [-0.4, -0.2) is 29.4 Å². The number of nitrogens with zero attached hydrogens (tertiary/aromatic N) is 3. The van der Waals surface area contributed by atoms with Gasteiger partial charge in [0.15, 0.2) is 6.10 Å². The summed E-state index contributed by atoms with van der Waals surface area (Å²) in [7, 11) is 0. The smallest absolute Gasteiger partial charge is 0.288 e. The summed E-state index contributed by atoms with van der Waals surface area (Å²) in [6.07, 6.45) is -0.235. The molecule has 2 heterocycles. The van der Waals surface area contributed by atoms with Crippen LogP contribution in [0.1, 0.15) is 24.9 Å². The number of ether oxygens (including phenoxy) is 1. The molecule has 2 amide bonds. The number of halogens is 1. The first-order valence-corrected chi connectivity index (χ1v) is 11.8. The van der Waals surface area contributed by atoms with Gasteiger partial charge in [0.2, 0.25) is 5.91 Å². The number of anilines is 2. The van der Waals surface area contributed by atoms with Crippen LogP contribution in [0.5, 0.6) is 5.75 Å². The molecule has 2 saturated heterocycles. The maximum atomic E-state index is 13.7. The zero-order chi connectivity index (χ0) is 25.4. The molecule has 0 spiro atoms. The Balaban J connectivity index is 1.54. The Morgan fingerprint density at radius 2 is 1.72 bits per heavy atom. The predicted molar refractivity (Wildman–Crippen MR) is 133 cm³/mol. The molecule has 0 N–H and O–H groups in total. The average Bonchev–Trinajstić information content (AvgIpc) is 3.39. The van der Waals surface area contributed by atoms with Crippen LogP contribution >= 0.6 is 11.6 Å². The van der Waals surface area contributed by atoms with Gasteiger partial charge in [0, 0.05) is 6.07 Å². The van der Waals surface area contributed by atoms with E-state index < -0.39 is 34.8 Å². The van der Waals surface area contributed by atoms with Gasteiger partial charge in [0.1, 0.15) is 16.7 Å². The Hall–Kier alpha value is -3.95. The largest absolute Gasteiger partial charge is 0.494 e. The highest BCUT2D eigenvalue weighted by molar-refractivity contribution is 6.32. The van der Waals surface area contributed by atoms with Crippen LogP contribution in [-0.2, 0) is 14.4 Å². The number of para-hydroxylation sites is 1. The summed E-state index contributed by atoms with van der Waals surface area (Å²) >= 11 is 6.04. The average molecular weight is 508 g/mol. The minimum absolute atomic E-state index is 0.0219. The highest BCUT2D eigenvalue weighted by atomic mass is 35.5. The lowest BCUT2D eigenvalue weighted by Gasteiger charge is -2.28. The lowest BCUT2D eigenvalue weighted by atomic mass is 9.90. The predicted octanol–water partition coefficient (Wildman–Crippen LogP) is 5.09. The van der Waals surface area contributed by atoms with Crippen molar-refractivity contribution < 1.29 is 24.1 Å². The molecule has 184 valence electrons. The molecule has 0 aromatic heterocycles. The molecule has 3 aromatic rings. The highest BCUT2D eigenvalue weighted by Gasteiger charge is 2.60. The molecule has 3 aromatic carbocycles. The third-order valence-electron chi connectivity index (χ3n) is 6.20. The quantitative estimate of drug-likeness (QED) is 0.249. The summed E-state index contributed by atoms with van der Waals surface area (Å²) < 4.78 is 5.59. The van der Waals surface area contributed by atoms with Gasteiger partial charge in [-0.3, -0.25) is 24.5 Å². The molecule has 0 bridgehead atoms. The number of nitro groups is 1. The van der Waals surface area contributed by atoms with Crippen molar-refractivity contribution in [2.45, 2.75) is 25.5 Å². The Morgan fingerprint density at radius 1 is 1.00 bits per heavy atom. The van der Waals surface area contributed by atoms with Gasteiger partial charge in [-0.15, -0.1) is 0 Å². The van der Waals surface area contributed by atoms with Crippen molar-refractivity contribution in [3.05, 3.63) is 93.5 Å². The first-order valence-electron chi connectivity index (χ1n) is 11.5. The van der Waals surface area contributed by atoms with E-state index in [9.17, 15) is 19.7 Å². The van der Waals surface area contributed by atoms with Crippen LogP contribution in [0, 0.1) is 16.0 Å². The number of hydrogen-bond acceptors (Lipinski definition) is 7. The van der Waals surface area contributed by atoms with E-state index in [1.54, 1.807) is 54.6 Å². The second kappa shape index (κ2) is 9.60. The summed E-state index contributed by atoms with van der Waals surface area (Å²) in [6, 6.07) is 19.3. The Labute approximate surface area is 211 Å². The molecule has 10 heteroatoms. The number of nitro benzene ring substituents is 1. The van der Waals surface area contributed by atoms with Crippen molar-refractivity contribution in [2.75, 3.05) is 16.6 Å². The second-order valence-corrected chi connectivity index (χ2v) is 8.89. The summed E-state index contributed by atoms with van der Waals surface area (Å²) in [4.78, 5) is 45.3. The number of carbonyl (C=O) groups is 2. The zero-order valence-corrected chi connectivity index (χ0v) is 20.0. The van der Waals surface area contributed by atoms with Crippen molar-refractivity contribution >= 4 is 40.5 Å². The lowest BCUT2D eigenvalue weighted by molar-refractivity contribution is -0.384. The first kappa shape index (κ1) is 23.8. The van der Waals surface area contributed by atoms with Crippen LogP contribution < -0.4 is 14.7 Å². The molecule has 2 fully saturated rings. The van der Waals surface area contributed by atoms with Crippen molar-refractivity contribution in [2.24, 2.45) is 5.92 Å². The maximum Gasteiger partial charge on any atom is 0.288 e. The molecule has 0 saturated carbocycles. The van der Waals surface area contributed by atoms with Gasteiger partial charge in [-0.05, 0) is 54.4 Å². The fourth-order valence-electron chi connectivity index (χ4n) is 4.57. The minimum Gasteiger partial charge on any atom is -0.494 e. The Morgan fingerprint density at radius 3 is 2.39 bits per heavy atom. The molecule has 0 aliphatic carbocycles. The topological polar surface area (TPSA) is 102 Å². The number of benzene rings is 3. The molecular formula is C26H22ClN3O6. The van der Waals surface area contributed by atoms with E-state index in [-0.39, 0.29) is 10.7 Å². The molecule has 2 aliphatic heterocycles. The van der Waals surface area contributed by atoms with E-state index in [0.29, 0.717) is 29.3 Å². The molecule has 5 rings (SSSR count). The minimum atomic E-state index is -1.09. The maximum absolute atomic E-state index is 13.7. The van der Waals surface area contributed by atoms with Crippen LogP contribution in [0.25, 0.3) is 0 Å². The van der Waals surface area contributed by atoms with Gasteiger partial charge in [-0.25, -0.2) is 9.96 Å². The number of carbonyl (C=O) groups excluding carboxylic acids is 2. The SMILES string of the molecule is CCCOc1ccc(N2C(=O)[C@H]3[C@@H](c4ccc(Cl)c([N+](=O)[O-])c4)N(c4ccccc4)O[C@H]3C2=O)cc1. The van der Waals surface area contributed by atoms with E-state index in [2.05, 4.69) is 0 Å². The number of amides is 2. The Kier molecular flexibility index (Phi) is 6.34. The standard InChI is InChI=1S/C26H22ClN3O6/c1-2-14-35-19-11-9-17(10-12-19)28-25(31)22-23(16-8-13-20(27)21(15-16)30(33)34)29(36-24(22)26(28)32)18-6-4-3-5-7-18/h3-13,15,22-24H,2,14H2,1H3/t22-,23+,24+/m0/s1. The number of fused-ring (bicyclic) bond motifs is 1. The summed E-state index contributed by atoms with van der Waals surface area (Å²) in [5.74, 6) is -1.24. The van der Waals surface area contributed by atoms with Gasteiger partial charge >= 0.3 is 0 Å². The molecular weight excluding hydrogens is 486 g/mol. The molecule has 9 nitrogen and oxygen atoms in total. The van der Waals surface area contributed by atoms with E-state index >= 15 is 0 Å². The third kappa shape index (κ3) is 4.06. The molecule has 3 atom stereocenters. The third-order valence-corrected chi connectivity index (χ3v) is 6.52. The molecule has 0 radical (unpaired) electrons. The van der Waals surface area contributed by atoms with Gasteiger partial charge < -0.3 is 4.74 Å². The monoisotopic (exact) mass is 507 g/mol. The van der Waals surface area contributed by atoms with Gasteiger partial charge in [0.25, 0.3) is 11.6 Å². The fraction of sp³-hybridized carbons (Fsp3) is 0.231. The summed E-state index contributed by atoms with van der Waals surface area (Å²) in [5.41, 5.74) is 1.16. The normalized spacial score (nSPS) is 21.1. The lowest BCUT2D eigenvalue weighted by Crippen LogP contribution is -2.37. The molecule has 2 aliphatic rings. The van der Waals surface area contributed by atoms with Crippen molar-refractivity contribution in [1.82, 2.24) is 0 Å². The van der Waals surface area contributed by atoms with E-state index in [0.717, 1.165) is 11.3 Å². The van der Waals surface area contributed by atoms with Crippen molar-refractivity contribution in [3.8, 4) is 5.75 Å². The molecule has 36 heavy (non-hydrogen) atoms. The summed E-state index contributed by atoms with van der Waals surface area (Å²) in [5, 5.41) is 13.0. The highest BCUT2D eigenvalue weighted by Crippen LogP contribution is 2.48. The fourth-order valence-corrected chi connectivity index (χ4v) is 4.76. The van der Waals surface area contributed by atoms with Gasteiger partial charge in [0.05, 0.1) is 28.9 Å². The van der Waals surface area contributed by atoms with Crippen LogP contribution in [0.4, 0.5) is 17.1 Å². The van der Waals surface area contributed by atoms with Crippen molar-refractivity contribution in [3.63, 3.8) is 0 Å².